The van der Waals surface area contributed by atoms with Gasteiger partial charge in [-0.1, -0.05) is 30.3 Å². The molecule has 4 rings (SSSR count). The molecule has 0 bridgehead atoms. The van der Waals surface area contributed by atoms with E-state index in [4.69, 9.17) is 5.73 Å². The third-order valence-electron chi connectivity index (χ3n) is 5.17. The van der Waals surface area contributed by atoms with Gasteiger partial charge in [0.15, 0.2) is 0 Å². The second-order valence-corrected chi connectivity index (χ2v) is 7.24. The van der Waals surface area contributed by atoms with Crippen molar-refractivity contribution in [2.45, 2.75) is 19.1 Å². The lowest BCUT2D eigenvalue weighted by Crippen LogP contribution is -2.47. The smallest absolute Gasteiger partial charge is 0.319 e. The van der Waals surface area contributed by atoms with Crippen molar-refractivity contribution < 1.29 is 14.0 Å². The number of nitrogens with two attached hydrogens (primary N) is 1. The summed E-state index contributed by atoms with van der Waals surface area (Å²) in [5, 5.41) is 8.61. The van der Waals surface area contributed by atoms with Crippen LogP contribution in [0.5, 0.6) is 0 Å². The predicted octanol–water partition coefficient (Wildman–Crippen LogP) is 2.48. The van der Waals surface area contributed by atoms with Gasteiger partial charge in [-0.05, 0) is 30.7 Å². The van der Waals surface area contributed by atoms with Crippen LogP contribution in [-0.2, 0) is 17.0 Å². The summed E-state index contributed by atoms with van der Waals surface area (Å²) in [5.74, 6) is -1.02. The van der Waals surface area contributed by atoms with Crippen molar-refractivity contribution in [2.75, 3.05) is 5.32 Å². The lowest BCUT2D eigenvalue weighted by atomic mass is 9.94. The molecule has 3 amide bonds. The van der Waals surface area contributed by atoms with Crippen LogP contribution in [0.15, 0.2) is 77.3 Å². The number of urea groups is 1. The molecule has 5 N–H and O–H groups in total. The Morgan fingerprint density at radius 2 is 2.03 bits per heavy atom. The summed E-state index contributed by atoms with van der Waals surface area (Å²) in [6, 6.07) is 12.7. The van der Waals surface area contributed by atoms with E-state index in [1.165, 1.54) is 18.2 Å². The number of aliphatic imine (C=N–C) groups is 1. The van der Waals surface area contributed by atoms with Gasteiger partial charge in [-0.3, -0.25) is 9.79 Å². The van der Waals surface area contributed by atoms with E-state index in [1.54, 1.807) is 24.7 Å². The Labute approximate surface area is 178 Å². The largest absolute Gasteiger partial charge is 0.364 e. The summed E-state index contributed by atoms with van der Waals surface area (Å²) in [6.45, 7) is 2.12. The fraction of sp³-hybridized carbons (Fsp3) is 0.136. The molecule has 0 fully saturated rings. The van der Waals surface area contributed by atoms with Crippen molar-refractivity contribution >= 4 is 23.8 Å². The molecule has 0 saturated heterocycles. The van der Waals surface area contributed by atoms with Gasteiger partial charge in [0.05, 0.1) is 11.9 Å². The molecular formula is C22H21FN6O2. The first-order chi connectivity index (χ1) is 14.9. The van der Waals surface area contributed by atoms with E-state index >= 15 is 0 Å². The van der Waals surface area contributed by atoms with Crippen LogP contribution in [0.2, 0.25) is 0 Å². The Hall–Kier alpha value is -4.14. The lowest BCUT2D eigenvalue weighted by Gasteiger charge is -2.38. The lowest BCUT2D eigenvalue weighted by molar-refractivity contribution is -0.115. The van der Waals surface area contributed by atoms with E-state index in [-0.39, 0.29) is 12.2 Å². The molecule has 31 heavy (non-hydrogen) atoms. The zero-order chi connectivity index (χ0) is 22.0. The van der Waals surface area contributed by atoms with Gasteiger partial charge in [-0.15, -0.1) is 0 Å². The number of allylic oxidation sites excluding steroid dienone is 1. The maximum absolute atomic E-state index is 13.3. The molecule has 2 aliphatic rings. The highest BCUT2D eigenvalue weighted by atomic mass is 19.1. The third kappa shape index (κ3) is 3.85. The van der Waals surface area contributed by atoms with E-state index in [1.807, 2.05) is 36.1 Å². The fourth-order valence-electron chi connectivity index (χ4n) is 3.76. The molecule has 2 heterocycles. The van der Waals surface area contributed by atoms with Crippen LogP contribution in [0.3, 0.4) is 0 Å². The van der Waals surface area contributed by atoms with Gasteiger partial charge in [0.25, 0.3) is 5.91 Å². The summed E-state index contributed by atoms with van der Waals surface area (Å²) in [6.07, 6.45) is 4.96. The molecule has 0 radical (unpaired) electrons. The van der Waals surface area contributed by atoms with Crippen LogP contribution in [-0.4, -0.2) is 23.1 Å². The Bertz CT molecular complexity index is 1140. The Morgan fingerprint density at radius 3 is 2.81 bits per heavy atom. The second kappa shape index (κ2) is 7.94. The zero-order valence-corrected chi connectivity index (χ0v) is 16.7. The number of nitrogens with one attached hydrogen (secondary N) is 3. The Morgan fingerprint density at radius 1 is 1.23 bits per heavy atom. The molecule has 158 valence electrons. The van der Waals surface area contributed by atoms with Gasteiger partial charge in [-0.25, -0.2) is 9.18 Å². The number of fused-ring (bicyclic) bond motifs is 1. The van der Waals surface area contributed by atoms with E-state index in [9.17, 15) is 14.0 Å². The molecule has 9 heteroatoms. The predicted molar refractivity (Wildman–Crippen MR) is 115 cm³/mol. The maximum atomic E-state index is 13.3. The van der Waals surface area contributed by atoms with Gasteiger partial charge in [-0.2, -0.15) is 0 Å². The van der Waals surface area contributed by atoms with Gasteiger partial charge in [0.2, 0.25) is 0 Å². The number of carbonyl (C=O) groups is 2. The van der Waals surface area contributed by atoms with Crippen molar-refractivity contribution in [3.8, 4) is 0 Å². The minimum absolute atomic E-state index is 0.210. The molecule has 2 aliphatic heterocycles. The van der Waals surface area contributed by atoms with Gasteiger partial charge in [0.1, 0.15) is 17.2 Å². The Balaban J connectivity index is 1.55. The summed E-state index contributed by atoms with van der Waals surface area (Å²) in [5.41, 5.74) is 7.60. The Kier molecular flexibility index (Phi) is 5.16. The molecule has 2 aromatic carbocycles. The van der Waals surface area contributed by atoms with Gasteiger partial charge < -0.3 is 26.6 Å². The van der Waals surface area contributed by atoms with Crippen LogP contribution >= 0.6 is 0 Å². The van der Waals surface area contributed by atoms with Crippen molar-refractivity contribution in [1.82, 2.24) is 15.5 Å². The number of benzene rings is 2. The molecule has 0 spiro atoms. The average Bonchev–Trinajstić information content (AvgIpc) is 3.07. The van der Waals surface area contributed by atoms with Crippen molar-refractivity contribution in [3.63, 3.8) is 0 Å². The molecule has 0 aromatic heterocycles. The van der Waals surface area contributed by atoms with Gasteiger partial charge in [0, 0.05) is 30.2 Å². The molecule has 1 unspecified atom stereocenters. The highest BCUT2D eigenvalue weighted by molar-refractivity contribution is 5.99. The van der Waals surface area contributed by atoms with E-state index in [2.05, 4.69) is 20.9 Å². The van der Waals surface area contributed by atoms with E-state index < -0.39 is 23.4 Å². The summed E-state index contributed by atoms with van der Waals surface area (Å²) in [7, 11) is 0. The highest BCUT2D eigenvalue weighted by Crippen LogP contribution is 2.38. The number of halogens is 1. The van der Waals surface area contributed by atoms with Gasteiger partial charge >= 0.3 is 6.03 Å². The number of primary amides is 1. The molecule has 1 atom stereocenters. The first-order valence-corrected chi connectivity index (χ1v) is 9.59. The quantitative estimate of drug-likeness (QED) is 0.595. The fourth-order valence-corrected chi connectivity index (χ4v) is 3.76. The first-order valence-electron chi connectivity index (χ1n) is 9.59. The first kappa shape index (κ1) is 20.1. The summed E-state index contributed by atoms with van der Waals surface area (Å²) < 4.78 is 13.3. The maximum Gasteiger partial charge on any atom is 0.319 e. The number of hydrogen-bond donors (Lipinski definition) is 4. The van der Waals surface area contributed by atoms with Crippen LogP contribution in [0.1, 0.15) is 18.1 Å². The molecule has 8 nitrogen and oxygen atoms in total. The number of rotatable bonds is 5. The molecule has 0 saturated carbocycles. The van der Waals surface area contributed by atoms with Crippen molar-refractivity contribution in [2.24, 2.45) is 10.7 Å². The third-order valence-corrected chi connectivity index (χ3v) is 5.17. The second-order valence-electron chi connectivity index (χ2n) is 7.24. The van der Waals surface area contributed by atoms with E-state index in [0.29, 0.717) is 11.4 Å². The molecule has 0 aliphatic carbocycles. The van der Waals surface area contributed by atoms with Crippen LogP contribution in [0.4, 0.5) is 14.9 Å². The van der Waals surface area contributed by atoms with Crippen molar-refractivity contribution in [1.29, 1.82) is 0 Å². The molecular weight excluding hydrogens is 399 g/mol. The highest BCUT2D eigenvalue weighted by Gasteiger charge is 2.44. The van der Waals surface area contributed by atoms with Crippen LogP contribution < -0.4 is 21.7 Å². The molecule has 2 aromatic rings. The average molecular weight is 420 g/mol. The minimum Gasteiger partial charge on any atom is -0.364 e. The topological polar surface area (TPSA) is 112 Å². The number of nitrogens with zero attached hydrogens (tertiary/aromatic N) is 2. The SMILES string of the molecule is CC1(c2ccccc2CNC(=O)Nc2cccc(F)c2)NC(C(N)=O)=C2C=NC=CN21. The number of amides is 3. The van der Waals surface area contributed by atoms with Crippen LogP contribution in [0, 0.1) is 5.82 Å². The number of anilines is 1. The number of hydrogen-bond acceptors (Lipinski definition) is 5. The summed E-state index contributed by atoms with van der Waals surface area (Å²) in [4.78, 5) is 30.3. The monoisotopic (exact) mass is 420 g/mol. The van der Waals surface area contributed by atoms with Crippen LogP contribution in [0.25, 0.3) is 0 Å². The normalized spacial score (nSPS) is 19.1. The zero-order valence-electron chi connectivity index (χ0n) is 16.7. The standard InChI is InChI=1S/C22H21FN6O2/c1-22(28-19(20(24)30)18-13-25-9-10-29(18)22)17-8-3-2-5-14(17)12-26-21(31)27-16-7-4-6-15(23)11-16/h2-11,13,28H,12H2,1H3,(H2,24,30)(H2,26,27,31). The van der Waals surface area contributed by atoms with E-state index in [0.717, 1.165) is 11.1 Å². The van der Waals surface area contributed by atoms with Crippen molar-refractivity contribution in [3.05, 3.63) is 89.3 Å². The number of carbonyl (C=O) groups excluding carboxylic acids is 2. The minimum atomic E-state index is -0.819. The summed E-state index contributed by atoms with van der Waals surface area (Å²) >= 11 is 0.